The van der Waals surface area contributed by atoms with E-state index in [-0.39, 0.29) is 23.6 Å². The average molecular weight is 1050 g/mol. The molecular weight excluding hydrogens is 953 g/mol. The molecule has 8 amide bonds. The molecule has 0 aliphatic carbocycles. The Kier molecular flexibility index (Phi) is 31.9. The highest BCUT2D eigenvalue weighted by molar-refractivity contribution is 5.78. The molecule has 428 valence electrons. The average Bonchev–Trinajstić information content (AvgIpc) is 3.26. The van der Waals surface area contributed by atoms with Crippen molar-refractivity contribution < 1.29 is 57.3 Å². The first kappa shape index (κ1) is 67.0. The first-order valence-electron chi connectivity index (χ1n) is 27.5. The van der Waals surface area contributed by atoms with Crippen LogP contribution in [0.5, 0.6) is 0 Å². The molecule has 1 fully saturated rings. The van der Waals surface area contributed by atoms with E-state index in [1.165, 1.54) is 0 Å². The van der Waals surface area contributed by atoms with Gasteiger partial charge in [-0.05, 0) is 147 Å². The SMILES string of the molecule is CC(C)(C)OC(=O)NCCCCCC(=O)N1CCCN(C(=O)CCCCCNC(=O)OC(C)(C)C)CCN(C(=O)CCCCCNC(=O)OC(C)(C)C)CCCN(C(=O)CCCCCNC(=O)OC(C)(C)C)CC1. The lowest BCUT2D eigenvalue weighted by molar-refractivity contribution is -0.137. The first-order valence-corrected chi connectivity index (χ1v) is 27.5. The van der Waals surface area contributed by atoms with Gasteiger partial charge in [0.15, 0.2) is 0 Å². The highest BCUT2D eigenvalue weighted by Gasteiger charge is 2.24. The Balaban J connectivity index is 3.18. The second kappa shape index (κ2) is 35.3. The van der Waals surface area contributed by atoms with Crippen LogP contribution in [0, 0.1) is 0 Å². The van der Waals surface area contributed by atoms with Gasteiger partial charge in [-0.3, -0.25) is 19.2 Å². The Morgan fingerprint density at radius 3 is 0.662 bits per heavy atom. The number of alkyl carbamates (subject to hydrolysis) is 4. The Labute approximate surface area is 444 Å². The third-order valence-electron chi connectivity index (χ3n) is 11.3. The molecule has 0 radical (unpaired) electrons. The van der Waals surface area contributed by atoms with Crippen molar-refractivity contribution in [2.45, 2.75) is 221 Å². The molecule has 1 aliphatic rings. The molecule has 20 heteroatoms. The normalized spacial score (nSPS) is 14.5. The van der Waals surface area contributed by atoms with Crippen molar-refractivity contribution in [3.63, 3.8) is 0 Å². The summed E-state index contributed by atoms with van der Waals surface area (Å²) in [6.45, 7) is 26.1. The summed E-state index contributed by atoms with van der Waals surface area (Å²) in [6.07, 6.45) is 8.25. The predicted octanol–water partition coefficient (Wildman–Crippen LogP) is 8.44. The summed E-state index contributed by atoms with van der Waals surface area (Å²) >= 11 is 0. The van der Waals surface area contributed by atoms with Crippen LogP contribution in [0.4, 0.5) is 19.2 Å². The second-order valence-electron chi connectivity index (χ2n) is 23.2. The van der Waals surface area contributed by atoms with Crippen molar-refractivity contribution in [2.24, 2.45) is 0 Å². The van der Waals surface area contributed by atoms with Gasteiger partial charge in [0.1, 0.15) is 22.4 Å². The summed E-state index contributed by atoms with van der Waals surface area (Å²) in [5.41, 5.74) is -2.39. The first-order chi connectivity index (χ1) is 34.5. The van der Waals surface area contributed by atoms with Crippen molar-refractivity contribution in [3.05, 3.63) is 0 Å². The minimum Gasteiger partial charge on any atom is -0.444 e. The van der Waals surface area contributed by atoms with Gasteiger partial charge in [-0.15, -0.1) is 0 Å². The van der Waals surface area contributed by atoms with E-state index in [9.17, 15) is 38.4 Å². The number of carbonyl (C=O) groups is 8. The van der Waals surface area contributed by atoms with Gasteiger partial charge in [0.25, 0.3) is 0 Å². The largest absolute Gasteiger partial charge is 0.444 e. The summed E-state index contributed by atoms with van der Waals surface area (Å²) in [4.78, 5) is 111. The Morgan fingerprint density at radius 2 is 0.486 bits per heavy atom. The molecule has 0 saturated carbocycles. The maximum Gasteiger partial charge on any atom is 0.407 e. The number of carbonyl (C=O) groups excluding carboxylic acids is 8. The summed E-state index contributed by atoms with van der Waals surface area (Å²) in [5.74, 6) is -0.177. The third-order valence-corrected chi connectivity index (χ3v) is 11.3. The van der Waals surface area contributed by atoms with Crippen molar-refractivity contribution in [1.82, 2.24) is 40.9 Å². The Hall–Kier alpha value is -5.04. The number of nitrogens with one attached hydrogen (secondary N) is 4. The maximum absolute atomic E-state index is 13.9. The molecule has 1 aliphatic heterocycles. The third kappa shape index (κ3) is 36.8. The molecule has 1 saturated heterocycles. The van der Waals surface area contributed by atoms with Crippen LogP contribution in [-0.4, -0.2) is 169 Å². The summed E-state index contributed by atoms with van der Waals surface area (Å²) in [5, 5.41) is 11.1. The van der Waals surface area contributed by atoms with Gasteiger partial charge in [-0.1, -0.05) is 25.7 Å². The van der Waals surface area contributed by atoms with E-state index >= 15 is 0 Å². The molecule has 74 heavy (non-hydrogen) atoms. The van der Waals surface area contributed by atoms with E-state index in [0.29, 0.717) is 194 Å². The van der Waals surface area contributed by atoms with Gasteiger partial charge in [-0.2, -0.15) is 0 Å². The molecule has 0 spiro atoms. The summed E-state index contributed by atoms with van der Waals surface area (Å²) < 4.78 is 21.3. The minimum atomic E-state index is -0.598. The highest BCUT2D eigenvalue weighted by Crippen LogP contribution is 2.15. The van der Waals surface area contributed by atoms with Crippen LogP contribution in [0.2, 0.25) is 0 Å². The van der Waals surface area contributed by atoms with Crippen LogP contribution in [0.15, 0.2) is 0 Å². The molecule has 1 rings (SSSR count). The van der Waals surface area contributed by atoms with Crippen LogP contribution < -0.4 is 21.3 Å². The van der Waals surface area contributed by atoms with Crippen molar-refractivity contribution in [3.8, 4) is 0 Å². The fourth-order valence-corrected chi connectivity index (χ4v) is 7.80. The molecule has 0 unspecified atom stereocenters. The van der Waals surface area contributed by atoms with Gasteiger partial charge in [0.05, 0.1) is 0 Å². The van der Waals surface area contributed by atoms with E-state index in [2.05, 4.69) is 21.3 Å². The minimum absolute atomic E-state index is 0.0441. The van der Waals surface area contributed by atoms with Crippen LogP contribution in [0.1, 0.15) is 199 Å². The zero-order valence-corrected chi connectivity index (χ0v) is 47.9. The molecule has 0 aromatic heterocycles. The molecule has 1 heterocycles. The van der Waals surface area contributed by atoms with Gasteiger partial charge in [0.2, 0.25) is 23.6 Å². The molecule has 0 aromatic carbocycles. The number of nitrogens with zero attached hydrogens (tertiary/aromatic N) is 4. The standard InChI is InChI=1S/C54H100N8O12/c1-51(2,3)71-47(67)55-31-21-13-17-27-43(63)59-35-25-36-61(45(65)29-19-15-23-33-57-49(69)73-53(7,8)9)41-42-62(46(66)30-20-16-24-34-58-50(70)74-54(10,11)12)38-26-37-60(40-39-59)44(64)28-18-14-22-32-56-48(68)72-52(4,5)6/h13-42H2,1-12H3,(H,55,67)(H,56,68)(H,57,69)(H,58,70). The van der Waals surface area contributed by atoms with Gasteiger partial charge in [0, 0.05) is 104 Å². The van der Waals surface area contributed by atoms with Crippen LogP contribution in [-0.2, 0) is 38.1 Å². The lowest BCUT2D eigenvalue weighted by atomic mass is 10.1. The lowest BCUT2D eigenvalue weighted by Crippen LogP contribution is -2.46. The predicted molar refractivity (Wildman–Crippen MR) is 286 cm³/mol. The number of hydrogen-bond acceptors (Lipinski definition) is 12. The van der Waals surface area contributed by atoms with E-state index in [1.54, 1.807) is 103 Å². The van der Waals surface area contributed by atoms with Gasteiger partial charge in [-0.25, -0.2) is 19.2 Å². The molecule has 0 atom stereocenters. The maximum atomic E-state index is 13.9. The fraction of sp³-hybridized carbons (Fsp3) is 0.852. The number of rotatable bonds is 24. The van der Waals surface area contributed by atoms with Crippen molar-refractivity contribution in [1.29, 1.82) is 0 Å². The number of amides is 8. The van der Waals surface area contributed by atoms with E-state index in [1.807, 2.05) is 0 Å². The molecular formula is C54H100N8O12. The molecule has 20 nitrogen and oxygen atoms in total. The topological polar surface area (TPSA) is 235 Å². The van der Waals surface area contributed by atoms with Crippen molar-refractivity contribution in [2.75, 3.05) is 78.5 Å². The summed E-state index contributed by atoms with van der Waals surface area (Å²) in [6, 6.07) is 0. The zero-order valence-electron chi connectivity index (χ0n) is 47.9. The lowest BCUT2D eigenvalue weighted by Gasteiger charge is -2.32. The molecule has 0 aromatic rings. The fourth-order valence-electron chi connectivity index (χ4n) is 7.80. The van der Waals surface area contributed by atoms with Crippen LogP contribution in [0.3, 0.4) is 0 Å². The van der Waals surface area contributed by atoms with Crippen LogP contribution in [0.25, 0.3) is 0 Å². The summed E-state index contributed by atoms with van der Waals surface area (Å²) in [7, 11) is 0. The monoisotopic (exact) mass is 1050 g/mol. The van der Waals surface area contributed by atoms with E-state index in [4.69, 9.17) is 18.9 Å². The zero-order chi connectivity index (χ0) is 55.8. The van der Waals surface area contributed by atoms with Crippen LogP contribution >= 0.6 is 0 Å². The highest BCUT2D eigenvalue weighted by atomic mass is 16.6. The second-order valence-corrected chi connectivity index (χ2v) is 23.2. The molecule has 4 N–H and O–H groups in total. The van der Waals surface area contributed by atoms with E-state index in [0.717, 1.165) is 0 Å². The Morgan fingerprint density at radius 1 is 0.297 bits per heavy atom. The smallest absolute Gasteiger partial charge is 0.407 e. The number of hydrogen-bond donors (Lipinski definition) is 4. The van der Waals surface area contributed by atoms with E-state index < -0.39 is 46.8 Å². The van der Waals surface area contributed by atoms with Gasteiger partial charge >= 0.3 is 24.4 Å². The number of unbranched alkanes of at least 4 members (excludes halogenated alkanes) is 8. The number of ether oxygens (including phenoxy) is 4. The molecule has 0 bridgehead atoms. The van der Waals surface area contributed by atoms with Gasteiger partial charge < -0.3 is 59.8 Å². The quantitative estimate of drug-likeness (QED) is 0.0527. The Bertz CT molecular complexity index is 1460. The van der Waals surface area contributed by atoms with Crippen molar-refractivity contribution >= 4 is 48.0 Å².